The maximum atomic E-state index is 12.3. The molecule has 0 aliphatic carbocycles. The van der Waals surface area contributed by atoms with E-state index in [1.165, 1.54) is 0 Å². The van der Waals surface area contributed by atoms with Crippen molar-refractivity contribution in [2.45, 2.75) is 33.1 Å². The first-order valence-electron chi connectivity index (χ1n) is 5.01. The van der Waals surface area contributed by atoms with E-state index in [-0.39, 0.29) is 6.07 Å². The van der Waals surface area contributed by atoms with Gasteiger partial charge in [0.15, 0.2) is 0 Å². The molecule has 1 nitrogen and oxygen atoms in total. The van der Waals surface area contributed by atoms with Crippen LogP contribution in [0.4, 0.5) is 26.3 Å². The highest BCUT2D eigenvalue weighted by molar-refractivity contribution is 5.45. The summed E-state index contributed by atoms with van der Waals surface area (Å²) in [4.78, 5) is 0. The molecule has 0 fully saturated rings. The van der Waals surface area contributed by atoms with Gasteiger partial charge in [-0.3, -0.25) is 0 Å². The molecule has 1 rings (SSSR count). The Hall–Kier alpha value is -1.40. The molecule has 1 N–H and O–H groups in total. The number of aryl methyl sites for hydroxylation is 1. The van der Waals surface area contributed by atoms with Gasteiger partial charge in [0.05, 0.1) is 11.1 Å². The van der Waals surface area contributed by atoms with Gasteiger partial charge in [-0.05, 0) is 24.6 Å². The molecule has 0 aromatic heterocycles. The number of halogens is 6. The number of alkyl halides is 6. The van der Waals surface area contributed by atoms with Crippen LogP contribution in [-0.2, 0) is 12.4 Å². The fourth-order valence-electron chi connectivity index (χ4n) is 1.16. The van der Waals surface area contributed by atoms with Gasteiger partial charge in [-0.1, -0.05) is 13.8 Å². The number of phenols is 1. The minimum Gasteiger partial charge on any atom is -0.507 e. The first-order chi connectivity index (χ1) is 8.03. The van der Waals surface area contributed by atoms with E-state index in [4.69, 9.17) is 5.11 Å². The normalized spacial score (nSPS) is 11.8. The Labute approximate surface area is 100 Å². The van der Waals surface area contributed by atoms with E-state index in [0.29, 0.717) is 6.07 Å². The summed E-state index contributed by atoms with van der Waals surface area (Å²) >= 11 is 0. The van der Waals surface area contributed by atoms with E-state index in [1.54, 1.807) is 0 Å². The van der Waals surface area contributed by atoms with Gasteiger partial charge in [0.2, 0.25) is 0 Å². The Morgan fingerprint density at radius 2 is 1.33 bits per heavy atom. The van der Waals surface area contributed by atoms with Crippen LogP contribution in [0.3, 0.4) is 0 Å². The van der Waals surface area contributed by atoms with Crippen molar-refractivity contribution in [3.8, 4) is 5.75 Å². The third kappa shape index (κ3) is 3.82. The average Bonchev–Trinajstić information content (AvgIpc) is 2.21. The van der Waals surface area contributed by atoms with Crippen LogP contribution in [0, 0.1) is 6.92 Å². The number of benzene rings is 1. The molecule has 0 bridgehead atoms. The molecular formula is C11H12F6O. The Balaban J connectivity index is 0.00000137. The minimum atomic E-state index is -5.02. The Morgan fingerprint density at radius 3 is 1.67 bits per heavy atom. The van der Waals surface area contributed by atoms with Crippen molar-refractivity contribution in [3.63, 3.8) is 0 Å². The van der Waals surface area contributed by atoms with Crippen LogP contribution in [-0.4, -0.2) is 5.11 Å². The summed E-state index contributed by atoms with van der Waals surface area (Å²) in [5.74, 6) is -1.18. The lowest BCUT2D eigenvalue weighted by Gasteiger charge is -2.14. The van der Waals surface area contributed by atoms with Crippen molar-refractivity contribution >= 4 is 0 Å². The topological polar surface area (TPSA) is 20.2 Å². The van der Waals surface area contributed by atoms with Gasteiger partial charge in [-0.15, -0.1) is 0 Å². The summed E-state index contributed by atoms with van der Waals surface area (Å²) in [6, 6.07) is 0.354. The van der Waals surface area contributed by atoms with Gasteiger partial charge in [0.1, 0.15) is 5.75 Å². The molecule has 18 heavy (non-hydrogen) atoms. The highest BCUT2D eigenvalue weighted by atomic mass is 19.4. The lowest BCUT2D eigenvalue weighted by atomic mass is 10.0. The van der Waals surface area contributed by atoms with Gasteiger partial charge < -0.3 is 5.11 Å². The average molecular weight is 274 g/mol. The number of phenolic OH excluding ortho intramolecular Hbond substituents is 1. The number of hydrogen-bond acceptors (Lipinski definition) is 1. The molecule has 1 aromatic rings. The van der Waals surface area contributed by atoms with E-state index in [0.717, 1.165) is 6.92 Å². The van der Waals surface area contributed by atoms with Crippen molar-refractivity contribution in [2.24, 2.45) is 0 Å². The molecule has 0 heterocycles. The fraction of sp³-hybridized carbons (Fsp3) is 0.455. The lowest BCUT2D eigenvalue weighted by Crippen LogP contribution is -2.11. The maximum absolute atomic E-state index is 12.3. The largest absolute Gasteiger partial charge is 0.507 e. The van der Waals surface area contributed by atoms with Crippen LogP contribution in [0.25, 0.3) is 0 Å². The Morgan fingerprint density at radius 1 is 0.889 bits per heavy atom. The second kappa shape index (κ2) is 5.49. The molecule has 0 unspecified atom stereocenters. The summed E-state index contributed by atoms with van der Waals surface area (Å²) in [5.41, 5.74) is -3.59. The van der Waals surface area contributed by atoms with Gasteiger partial charge >= 0.3 is 12.4 Å². The summed E-state index contributed by atoms with van der Waals surface area (Å²) in [7, 11) is 0. The molecule has 0 spiro atoms. The number of aromatic hydroxyl groups is 1. The Bertz CT molecular complexity index is 405. The van der Waals surface area contributed by atoms with E-state index >= 15 is 0 Å². The van der Waals surface area contributed by atoms with E-state index in [2.05, 4.69) is 0 Å². The summed E-state index contributed by atoms with van der Waals surface area (Å²) in [6.45, 7) is 4.97. The molecule has 0 aliphatic rings. The zero-order valence-electron chi connectivity index (χ0n) is 9.87. The third-order valence-electron chi connectivity index (χ3n) is 1.93. The van der Waals surface area contributed by atoms with Crippen LogP contribution in [0.1, 0.15) is 30.5 Å². The standard InChI is InChI=1S/C9H6F6O.C2H6/c1-4-2-5(8(10,11)12)3-6(7(4)16)9(13,14)15;1-2/h2-3,16H,1H3;1-2H3. The van der Waals surface area contributed by atoms with Crippen molar-refractivity contribution in [1.29, 1.82) is 0 Å². The molecule has 0 radical (unpaired) electrons. The van der Waals surface area contributed by atoms with E-state index in [1.807, 2.05) is 13.8 Å². The molecule has 7 heteroatoms. The van der Waals surface area contributed by atoms with Crippen LogP contribution < -0.4 is 0 Å². The molecular weight excluding hydrogens is 262 g/mol. The first-order valence-corrected chi connectivity index (χ1v) is 5.01. The fourth-order valence-corrected chi connectivity index (χ4v) is 1.16. The molecule has 1 aromatic carbocycles. The van der Waals surface area contributed by atoms with Gasteiger partial charge in [0, 0.05) is 0 Å². The molecule has 0 amide bonds. The molecule has 0 saturated carbocycles. The number of hydrogen-bond donors (Lipinski definition) is 1. The first kappa shape index (κ1) is 16.6. The molecule has 0 atom stereocenters. The summed E-state index contributed by atoms with van der Waals surface area (Å²) in [6.07, 6.45) is -9.89. The highest BCUT2D eigenvalue weighted by Crippen LogP contribution is 2.41. The van der Waals surface area contributed by atoms with Crippen LogP contribution in [0.15, 0.2) is 12.1 Å². The zero-order chi connectivity index (χ0) is 14.7. The molecule has 104 valence electrons. The van der Waals surface area contributed by atoms with E-state index in [9.17, 15) is 26.3 Å². The van der Waals surface area contributed by atoms with Crippen LogP contribution in [0.5, 0.6) is 5.75 Å². The van der Waals surface area contributed by atoms with Crippen molar-refractivity contribution < 1.29 is 31.4 Å². The maximum Gasteiger partial charge on any atom is 0.419 e. The minimum absolute atomic E-state index is 0.109. The molecule has 0 saturated heterocycles. The Kier molecular flexibility index (Phi) is 5.07. The van der Waals surface area contributed by atoms with Crippen molar-refractivity contribution in [3.05, 3.63) is 28.8 Å². The zero-order valence-corrected chi connectivity index (χ0v) is 9.87. The van der Waals surface area contributed by atoms with Crippen molar-refractivity contribution in [2.75, 3.05) is 0 Å². The highest BCUT2D eigenvalue weighted by Gasteiger charge is 2.39. The lowest BCUT2D eigenvalue weighted by molar-refractivity contribution is -0.143. The van der Waals surface area contributed by atoms with Crippen LogP contribution in [0.2, 0.25) is 0 Å². The smallest absolute Gasteiger partial charge is 0.419 e. The van der Waals surface area contributed by atoms with Gasteiger partial charge in [-0.2, -0.15) is 26.3 Å². The predicted octanol–water partition coefficient (Wildman–Crippen LogP) is 4.76. The van der Waals surface area contributed by atoms with Gasteiger partial charge in [-0.25, -0.2) is 0 Å². The van der Waals surface area contributed by atoms with Crippen molar-refractivity contribution in [1.82, 2.24) is 0 Å². The summed E-state index contributed by atoms with van der Waals surface area (Å²) < 4.78 is 73.5. The number of rotatable bonds is 0. The van der Waals surface area contributed by atoms with Crippen LogP contribution >= 0.6 is 0 Å². The third-order valence-corrected chi connectivity index (χ3v) is 1.93. The van der Waals surface area contributed by atoms with Gasteiger partial charge in [0.25, 0.3) is 0 Å². The monoisotopic (exact) mass is 274 g/mol. The van der Waals surface area contributed by atoms with E-state index < -0.39 is 34.8 Å². The summed E-state index contributed by atoms with van der Waals surface area (Å²) in [5, 5.41) is 9.04. The quantitative estimate of drug-likeness (QED) is 0.676. The molecule has 0 aliphatic heterocycles. The SMILES string of the molecule is CC.Cc1cc(C(F)(F)F)cc(C(F)(F)F)c1O. The second-order valence-electron chi connectivity index (χ2n) is 3.18. The predicted molar refractivity (Wildman–Crippen MR) is 54.2 cm³/mol. The second-order valence-corrected chi connectivity index (χ2v) is 3.18.